The van der Waals surface area contributed by atoms with Gasteiger partial charge in [0.25, 0.3) is 0 Å². The Hall–Kier alpha value is -0.730. The van der Waals surface area contributed by atoms with Crippen LogP contribution in [0.4, 0.5) is 0 Å². The highest BCUT2D eigenvalue weighted by molar-refractivity contribution is 9.09. The van der Waals surface area contributed by atoms with Crippen LogP contribution in [0.2, 0.25) is 0 Å². The Morgan fingerprint density at radius 2 is 2.05 bits per heavy atom. The molecule has 1 aliphatic heterocycles. The number of fused-ring (bicyclic) bond motifs is 1. The standard InChI is InChI=1S/C19H21BrS/c1-14-5-4-6-15(9-14)10-16(13-20)11-18-12-17-7-2-3-8-19(17)21-18/h2-9,16,18H,10-13H2,1H3. The maximum absolute atomic E-state index is 3.73. The number of halogens is 1. The van der Waals surface area contributed by atoms with Gasteiger partial charge in [0.1, 0.15) is 0 Å². The Balaban J connectivity index is 1.61. The summed E-state index contributed by atoms with van der Waals surface area (Å²) in [4.78, 5) is 1.49. The quantitative estimate of drug-likeness (QED) is 0.620. The lowest BCUT2D eigenvalue weighted by molar-refractivity contribution is 0.530. The number of rotatable bonds is 5. The van der Waals surface area contributed by atoms with Crippen LogP contribution in [0.3, 0.4) is 0 Å². The average Bonchev–Trinajstić information content (AvgIpc) is 2.89. The SMILES string of the molecule is Cc1cccc(CC(CBr)CC2Cc3ccccc3S2)c1. The summed E-state index contributed by atoms with van der Waals surface area (Å²) >= 11 is 5.80. The zero-order chi connectivity index (χ0) is 14.7. The molecule has 0 fully saturated rings. The van der Waals surface area contributed by atoms with Crippen molar-refractivity contribution in [1.82, 2.24) is 0 Å². The van der Waals surface area contributed by atoms with Crippen molar-refractivity contribution in [3.63, 3.8) is 0 Å². The van der Waals surface area contributed by atoms with Gasteiger partial charge in [-0.15, -0.1) is 11.8 Å². The second-order valence-corrected chi connectivity index (χ2v) is 7.99. The molecule has 2 atom stereocenters. The molecule has 110 valence electrons. The highest BCUT2D eigenvalue weighted by Gasteiger charge is 2.24. The molecule has 2 unspecified atom stereocenters. The van der Waals surface area contributed by atoms with Gasteiger partial charge in [-0.1, -0.05) is 64.0 Å². The molecular weight excluding hydrogens is 340 g/mol. The summed E-state index contributed by atoms with van der Waals surface area (Å²) in [6.07, 6.45) is 3.71. The summed E-state index contributed by atoms with van der Waals surface area (Å²) in [6, 6.07) is 17.8. The van der Waals surface area contributed by atoms with Gasteiger partial charge in [0.05, 0.1) is 0 Å². The summed E-state index contributed by atoms with van der Waals surface area (Å²) in [6.45, 7) is 2.18. The Morgan fingerprint density at radius 1 is 1.19 bits per heavy atom. The number of alkyl halides is 1. The van der Waals surface area contributed by atoms with E-state index >= 15 is 0 Å². The van der Waals surface area contributed by atoms with Gasteiger partial charge < -0.3 is 0 Å². The second-order valence-electron chi connectivity index (χ2n) is 6.00. The van der Waals surface area contributed by atoms with Crippen molar-refractivity contribution in [3.05, 3.63) is 65.2 Å². The second kappa shape index (κ2) is 7.02. The molecule has 0 bridgehead atoms. The van der Waals surface area contributed by atoms with Gasteiger partial charge in [-0.2, -0.15) is 0 Å². The van der Waals surface area contributed by atoms with Crippen LogP contribution in [0.15, 0.2) is 53.4 Å². The zero-order valence-electron chi connectivity index (χ0n) is 12.4. The third kappa shape index (κ3) is 3.92. The van der Waals surface area contributed by atoms with Crippen LogP contribution >= 0.6 is 27.7 Å². The fourth-order valence-corrected chi connectivity index (χ4v) is 5.07. The van der Waals surface area contributed by atoms with Crippen LogP contribution in [0, 0.1) is 12.8 Å². The predicted octanol–water partition coefficient (Wildman–Crippen LogP) is 5.66. The lowest BCUT2D eigenvalue weighted by Crippen LogP contribution is -2.14. The van der Waals surface area contributed by atoms with Crippen LogP contribution in [-0.2, 0) is 12.8 Å². The van der Waals surface area contributed by atoms with Crippen molar-refractivity contribution in [2.24, 2.45) is 5.92 Å². The Kier molecular flexibility index (Phi) is 5.07. The molecule has 1 heterocycles. The smallest absolute Gasteiger partial charge is 0.0138 e. The summed E-state index contributed by atoms with van der Waals surface area (Å²) in [5, 5.41) is 1.84. The molecule has 0 N–H and O–H groups in total. The van der Waals surface area contributed by atoms with E-state index in [1.807, 2.05) is 0 Å². The molecule has 2 aromatic rings. The van der Waals surface area contributed by atoms with Gasteiger partial charge in [-0.3, -0.25) is 0 Å². The molecule has 0 spiro atoms. The molecule has 0 radical (unpaired) electrons. The Bertz CT molecular complexity index is 583. The van der Waals surface area contributed by atoms with E-state index in [2.05, 4.69) is 83.1 Å². The molecule has 0 saturated heterocycles. The normalized spacial score (nSPS) is 18.5. The first-order valence-electron chi connectivity index (χ1n) is 7.60. The number of hydrogen-bond donors (Lipinski definition) is 0. The first-order chi connectivity index (χ1) is 10.2. The lowest BCUT2D eigenvalue weighted by Gasteiger charge is -2.18. The van der Waals surface area contributed by atoms with Crippen molar-refractivity contribution >= 4 is 27.7 Å². The van der Waals surface area contributed by atoms with Crippen molar-refractivity contribution in [2.45, 2.75) is 36.3 Å². The molecule has 0 aliphatic carbocycles. The van der Waals surface area contributed by atoms with E-state index in [9.17, 15) is 0 Å². The monoisotopic (exact) mass is 360 g/mol. The van der Waals surface area contributed by atoms with E-state index in [0.717, 1.165) is 16.5 Å². The first kappa shape index (κ1) is 15.2. The molecule has 0 amide bonds. The first-order valence-corrected chi connectivity index (χ1v) is 9.61. The van der Waals surface area contributed by atoms with Gasteiger partial charge in [0, 0.05) is 15.5 Å². The molecule has 0 saturated carbocycles. The summed E-state index contributed by atoms with van der Waals surface area (Å²) in [7, 11) is 0. The van der Waals surface area contributed by atoms with E-state index < -0.39 is 0 Å². The van der Waals surface area contributed by atoms with E-state index in [1.54, 1.807) is 0 Å². The van der Waals surface area contributed by atoms with E-state index in [1.165, 1.54) is 40.8 Å². The topological polar surface area (TPSA) is 0 Å². The fraction of sp³-hybridized carbons (Fsp3) is 0.368. The molecule has 0 aromatic heterocycles. The van der Waals surface area contributed by atoms with Gasteiger partial charge in [0.2, 0.25) is 0 Å². The van der Waals surface area contributed by atoms with Crippen LogP contribution < -0.4 is 0 Å². The maximum Gasteiger partial charge on any atom is 0.0138 e. The number of hydrogen-bond acceptors (Lipinski definition) is 1. The maximum atomic E-state index is 3.73. The molecule has 2 heteroatoms. The fourth-order valence-electron chi connectivity index (χ4n) is 3.13. The van der Waals surface area contributed by atoms with Crippen LogP contribution in [0.5, 0.6) is 0 Å². The van der Waals surface area contributed by atoms with Crippen LogP contribution in [0.1, 0.15) is 23.1 Å². The minimum Gasteiger partial charge on any atom is -0.122 e. The largest absolute Gasteiger partial charge is 0.122 e. The van der Waals surface area contributed by atoms with Crippen molar-refractivity contribution in [2.75, 3.05) is 5.33 Å². The summed E-state index contributed by atoms with van der Waals surface area (Å²) < 4.78 is 0. The molecule has 1 aliphatic rings. The Labute approximate surface area is 140 Å². The van der Waals surface area contributed by atoms with Gasteiger partial charge in [-0.05, 0) is 49.3 Å². The number of aryl methyl sites for hydroxylation is 1. The minimum absolute atomic E-state index is 0.721. The number of thioether (sulfide) groups is 1. The molecular formula is C19H21BrS. The highest BCUT2D eigenvalue weighted by Crippen LogP contribution is 2.40. The van der Waals surface area contributed by atoms with Gasteiger partial charge in [-0.25, -0.2) is 0 Å². The molecule has 3 rings (SSSR count). The van der Waals surface area contributed by atoms with Crippen molar-refractivity contribution < 1.29 is 0 Å². The third-order valence-electron chi connectivity index (χ3n) is 4.14. The van der Waals surface area contributed by atoms with E-state index in [-0.39, 0.29) is 0 Å². The van der Waals surface area contributed by atoms with E-state index in [4.69, 9.17) is 0 Å². The number of benzene rings is 2. The van der Waals surface area contributed by atoms with E-state index in [0.29, 0.717) is 0 Å². The van der Waals surface area contributed by atoms with Gasteiger partial charge in [0.15, 0.2) is 0 Å². The molecule has 0 nitrogen and oxygen atoms in total. The summed E-state index contributed by atoms with van der Waals surface area (Å²) in [5.74, 6) is 0.721. The predicted molar refractivity (Wildman–Crippen MR) is 96.6 cm³/mol. The lowest BCUT2D eigenvalue weighted by atomic mass is 9.94. The minimum atomic E-state index is 0.721. The molecule has 2 aromatic carbocycles. The average molecular weight is 361 g/mol. The zero-order valence-corrected chi connectivity index (χ0v) is 14.8. The summed E-state index contributed by atoms with van der Waals surface area (Å²) in [5.41, 5.74) is 4.37. The third-order valence-corrected chi connectivity index (χ3v) is 6.40. The Morgan fingerprint density at radius 3 is 2.81 bits per heavy atom. The van der Waals surface area contributed by atoms with Gasteiger partial charge >= 0.3 is 0 Å². The van der Waals surface area contributed by atoms with Crippen LogP contribution in [0.25, 0.3) is 0 Å². The van der Waals surface area contributed by atoms with Crippen molar-refractivity contribution in [1.29, 1.82) is 0 Å². The van der Waals surface area contributed by atoms with Crippen LogP contribution in [-0.4, -0.2) is 10.6 Å². The molecule has 21 heavy (non-hydrogen) atoms. The van der Waals surface area contributed by atoms with Crippen molar-refractivity contribution in [3.8, 4) is 0 Å². The highest BCUT2D eigenvalue weighted by atomic mass is 79.9.